The van der Waals surface area contributed by atoms with E-state index in [0.717, 1.165) is 25.9 Å². The molecule has 27 heavy (non-hydrogen) atoms. The van der Waals surface area contributed by atoms with Gasteiger partial charge in [0.2, 0.25) is 0 Å². The van der Waals surface area contributed by atoms with E-state index in [2.05, 4.69) is 26.8 Å². The van der Waals surface area contributed by atoms with Crippen LogP contribution in [0.15, 0.2) is 9.67 Å². The van der Waals surface area contributed by atoms with E-state index in [4.69, 9.17) is 4.74 Å². The van der Waals surface area contributed by atoms with Crippen molar-refractivity contribution >= 4 is 24.5 Å². The Morgan fingerprint density at radius 2 is 1.52 bits per heavy atom. The normalized spacial score (nSPS) is 16.1. The summed E-state index contributed by atoms with van der Waals surface area (Å²) >= 11 is -2.33. The first-order chi connectivity index (χ1) is 12.8. The molecule has 0 aromatic heterocycles. The monoisotopic (exact) mass is 487 g/mol. The number of hydrogen-bond donors (Lipinski definition) is 0. The van der Waals surface area contributed by atoms with Crippen molar-refractivity contribution < 1.29 is 9.53 Å². The minimum atomic E-state index is -2.33. The zero-order valence-corrected chi connectivity index (χ0v) is 21.9. The Hall–Kier alpha value is -0.191. The van der Waals surface area contributed by atoms with Crippen LogP contribution in [0.4, 0.5) is 4.79 Å². The van der Waals surface area contributed by atoms with Gasteiger partial charge in [-0.15, -0.1) is 0 Å². The van der Waals surface area contributed by atoms with Gasteiger partial charge in [-0.05, 0) is 0 Å². The first kappa shape index (κ1) is 24.8. The van der Waals surface area contributed by atoms with Gasteiger partial charge in [0, 0.05) is 0 Å². The molecule has 0 radical (unpaired) electrons. The molecule has 0 spiro atoms. The summed E-state index contributed by atoms with van der Waals surface area (Å²) in [5, 5.41) is 0. The maximum absolute atomic E-state index is 12.5. The fourth-order valence-electron chi connectivity index (χ4n) is 4.26. The van der Waals surface area contributed by atoms with Crippen LogP contribution in [0, 0.1) is 0 Å². The van der Waals surface area contributed by atoms with Crippen molar-refractivity contribution in [2.75, 3.05) is 13.1 Å². The summed E-state index contributed by atoms with van der Waals surface area (Å²) < 4.78 is 12.0. The second-order valence-corrected chi connectivity index (χ2v) is 22.7. The third kappa shape index (κ3) is 8.78. The van der Waals surface area contributed by atoms with Gasteiger partial charge in [0.15, 0.2) is 0 Å². The van der Waals surface area contributed by atoms with E-state index in [-0.39, 0.29) is 6.09 Å². The van der Waals surface area contributed by atoms with E-state index in [1.807, 2.05) is 29.3 Å². The van der Waals surface area contributed by atoms with Gasteiger partial charge >= 0.3 is 173 Å². The number of ether oxygens (including phenoxy) is 1. The second-order valence-electron chi connectivity index (χ2n) is 9.33. The number of unbranched alkanes of at least 4 members (excludes halogenated alkanes) is 3. The molecule has 4 heteroatoms. The summed E-state index contributed by atoms with van der Waals surface area (Å²) in [6, 6.07) is 0. The summed E-state index contributed by atoms with van der Waals surface area (Å²) in [5.41, 5.74) is -0.411. The van der Waals surface area contributed by atoms with E-state index < -0.39 is 24.0 Å². The maximum atomic E-state index is 12.5. The van der Waals surface area contributed by atoms with E-state index in [9.17, 15) is 4.79 Å². The zero-order valence-electron chi connectivity index (χ0n) is 19.0. The minimum absolute atomic E-state index is 0.131. The Kier molecular flexibility index (Phi) is 11.4. The number of carbonyl (C=O) groups excluding carboxylic acids is 1. The first-order valence-electron chi connectivity index (χ1n) is 11.5. The number of hydrogen-bond acceptors (Lipinski definition) is 2. The quantitative estimate of drug-likeness (QED) is 0.303. The average Bonchev–Trinajstić information content (AvgIpc) is 2.87. The molecule has 0 aromatic carbocycles. The standard InChI is InChI=1S/C11H18NO2.3C4H9.Sn/c1-11(2,3)14-10(13)12-8-6-4-5-7-9-12;3*1-3-4-2;/h4H,6-9H2,1-3H3;3*1,3-4H2,2H3;. The third-order valence-electron chi connectivity index (χ3n) is 5.80. The van der Waals surface area contributed by atoms with Crippen LogP contribution >= 0.6 is 0 Å². The van der Waals surface area contributed by atoms with Crippen LogP contribution in [-0.2, 0) is 4.74 Å². The third-order valence-corrected chi connectivity index (χ3v) is 22.2. The van der Waals surface area contributed by atoms with Crippen molar-refractivity contribution in [2.24, 2.45) is 0 Å². The predicted molar refractivity (Wildman–Crippen MR) is 120 cm³/mol. The molecule has 0 aliphatic carbocycles. The van der Waals surface area contributed by atoms with Crippen LogP contribution in [0.2, 0.25) is 13.3 Å². The molecule has 1 aliphatic heterocycles. The van der Waals surface area contributed by atoms with Gasteiger partial charge in [-0.25, -0.2) is 0 Å². The molecule has 0 bridgehead atoms. The number of amides is 1. The van der Waals surface area contributed by atoms with Gasteiger partial charge in [0.25, 0.3) is 0 Å². The van der Waals surface area contributed by atoms with Gasteiger partial charge in [-0.3, -0.25) is 0 Å². The van der Waals surface area contributed by atoms with E-state index >= 15 is 0 Å². The molecule has 1 rings (SSSR count). The van der Waals surface area contributed by atoms with Crippen LogP contribution in [0.5, 0.6) is 0 Å². The van der Waals surface area contributed by atoms with Gasteiger partial charge < -0.3 is 0 Å². The molecular weight excluding hydrogens is 441 g/mol. The molecular formula is C23H45NO2Sn. The molecule has 0 unspecified atom stereocenters. The molecule has 0 fully saturated rings. The van der Waals surface area contributed by atoms with Crippen molar-refractivity contribution in [2.45, 2.75) is 112 Å². The van der Waals surface area contributed by atoms with Gasteiger partial charge in [0.05, 0.1) is 0 Å². The Morgan fingerprint density at radius 1 is 1.00 bits per heavy atom. The number of nitrogens with zero attached hydrogens (tertiary/aromatic N) is 1. The number of rotatable bonds is 10. The summed E-state index contributed by atoms with van der Waals surface area (Å²) in [6.07, 6.45) is 12.7. The molecule has 1 heterocycles. The molecule has 0 saturated carbocycles. The molecule has 0 N–H and O–H groups in total. The molecule has 0 aromatic rings. The van der Waals surface area contributed by atoms with Crippen LogP contribution < -0.4 is 0 Å². The molecule has 158 valence electrons. The van der Waals surface area contributed by atoms with Gasteiger partial charge in [-0.2, -0.15) is 0 Å². The van der Waals surface area contributed by atoms with Crippen LogP contribution in [0.25, 0.3) is 0 Å². The van der Waals surface area contributed by atoms with Crippen molar-refractivity contribution in [3.05, 3.63) is 9.67 Å². The van der Waals surface area contributed by atoms with Crippen molar-refractivity contribution in [3.63, 3.8) is 0 Å². The summed E-state index contributed by atoms with van der Waals surface area (Å²) in [6.45, 7) is 14.5. The average molecular weight is 486 g/mol. The van der Waals surface area contributed by atoms with Crippen LogP contribution in [0.3, 0.4) is 0 Å². The van der Waals surface area contributed by atoms with Gasteiger partial charge in [0.1, 0.15) is 0 Å². The van der Waals surface area contributed by atoms with E-state index in [0.29, 0.717) is 0 Å². The van der Waals surface area contributed by atoms with Crippen molar-refractivity contribution in [1.29, 1.82) is 0 Å². The fraction of sp³-hybridized carbons (Fsp3) is 0.870. The number of carbonyl (C=O) groups is 1. The van der Waals surface area contributed by atoms with E-state index in [1.54, 1.807) is 0 Å². The van der Waals surface area contributed by atoms with Crippen molar-refractivity contribution in [1.82, 2.24) is 4.90 Å². The first-order valence-corrected chi connectivity index (χ1v) is 18.9. The second kappa shape index (κ2) is 12.4. The van der Waals surface area contributed by atoms with Crippen molar-refractivity contribution in [3.8, 4) is 0 Å². The van der Waals surface area contributed by atoms with Crippen LogP contribution in [0.1, 0.15) is 92.9 Å². The summed E-state index contributed by atoms with van der Waals surface area (Å²) in [7, 11) is 0. The zero-order chi connectivity index (χ0) is 20.3. The fourth-order valence-corrected chi connectivity index (χ4v) is 21.4. The molecule has 0 saturated heterocycles. The molecule has 3 nitrogen and oxygen atoms in total. The summed E-state index contributed by atoms with van der Waals surface area (Å²) in [5.74, 6) is 0. The molecule has 0 atom stereocenters. The predicted octanol–water partition coefficient (Wildman–Crippen LogP) is 7.33. The Labute approximate surface area is 173 Å². The van der Waals surface area contributed by atoms with E-state index in [1.165, 1.54) is 51.8 Å². The molecule has 1 aliphatic rings. The topological polar surface area (TPSA) is 29.5 Å². The Bertz CT molecular complexity index is 446. The van der Waals surface area contributed by atoms with Crippen LogP contribution in [-0.4, -0.2) is 48.1 Å². The molecule has 1 amide bonds. The van der Waals surface area contributed by atoms with Gasteiger partial charge in [-0.1, -0.05) is 0 Å². The Balaban J connectivity index is 2.91. The Morgan fingerprint density at radius 3 is 1.96 bits per heavy atom. The summed E-state index contributed by atoms with van der Waals surface area (Å²) in [4.78, 5) is 14.5. The SMILES string of the molecule is CCC[CH2][Sn]([CH2]CCC)([CH2]CCC)[C]1=CCCN(C(=O)OC(C)(C)C)CC1.